The average Bonchev–Trinajstić information content (AvgIpc) is 3.59. The summed E-state index contributed by atoms with van der Waals surface area (Å²) in [5.41, 5.74) is 10.0. The molecule has 218 valence electrons. The summed E-state index contributed by atoms with van der Waals surface area (Å²) in [5, 5.41) is 11.4. The van der Waals surface area contributed by atoms with E-state index in [1.807, 2.05) is 13.0 Å². The van der Waals surface area contributed by atoms with Crippen molar-refractivity contribution in [3.8, 4) is 11.5 Å². The topological polar surface area (TPSA) is 145 Å². The van der Waals surface area contributed by atoms with Crippen LogP contribution in [0.4, 0.5) is 15.9 Å². The number of nitrogens with zero attached hydrogens (tertiary/aromatic N) is 6. The number of hydrogen-bond acceptors (Lipinski definition) is 8. The smallest absolute Gasteiger partial charge is 0.224 e. The lowest BCUT2D eigenvalue weighted by molar-refractivity contribution is -0.116. The highest BCUT2D eigenvalue weighted by Crippen LogP contribution is 2.30. The van der Waals surface area contributed by atoms with Gasteiger partial charge in [-0.15, -0.1) is 0 Å². The van der Waals surface area contributed by atoms with Crippen LogP contribution in [0.5, 0.6) is 0 Å². The number of halogens is 1. The zero-order valence-electron chi connectivity index (χ0n) is 23.9. The Morgan fingerprint density at radius 1 is 1.21 bits per heavy atom. The summed E-state index contributed by atoms with van der Waals surface area (Å²) < 4.78 is 16.6. The third-order valence-electron chi connectivity index (χ3n) is 7.74. The van der Waals surface area contributed by atoms with E-state index in [4.69, 9.17) is 10.7 Å². The number of imidazole rings is 1. The van der Waals surface area contributed by atoms with Gasteiger partial charge in [0.1, 0.15) is 17.0 Å². The number of piperazine rings is 1. The minimum Gasteiger partial charge on any atom is -0.404 e. The van der Waals surface area contributed by atoms with E-state index >= 15 is 4.39 Å². The third-order valence-corrected chi connectivity index (χ3v) is 7.74. The molecule has 5 heterocycles. The number of rotatable bonds is 8. The van der Waals surface area contributed by atoms with E-state index in [0.717, 1.165) is 74.3 Å². The minimum atomic E-state index is -0.551. The van der Waals surface area contributed by atoms with Crippen molar-refractivity contribution in [1.82, 2.24) is 35.0 Å². The highest BCUT2D eigenvalue weighted by molar-refractivity contribution is 5.97. The second kappa shape index (κ2) is 11.7. The van der Waals surface area contributed by atoms with Gasteiger partial charge in [-0.05, 0) is 44.0 Å². The number of H-pyrrole nitrogens is 2. The second-order valence-electron chi connectivity index (χ2n) is 10.8. The second-order valence-corrected chi connectivity index (χ2v) is 10.8. The first kappa shape index (κ1) is 27.6. The molecule has 1 aliphatic heterocycles. The summed E-state index contributed by atoms with van der Waals surface area (Å²) in [6.07, 6.45) is 9.88. The van der Waals surface area contributed by atoms with Crippen LogP contribution in [0.1, 0.15) is 44.6 Å². The summed E-state index contributed by atoms with van der Waals surface area (Å²) in [5.74, 6) is 0.574. The van der Waals surface area contributed by atoms with Crippen molar-refractivity contribution in [3.63, 3.8) is 0 Å². The van der Waals surface area contributed by atoms with Gasteiger partial charge in [-0.25, -0.2) is 14.4 Å². The van der Waals surface area contributed by atoms with Gasteiger partial charge in [0.15, 0.2) is 11.6 Å². The number of aromatic amines is 2. The molecule has 0 aromatic carbocycles. The van der Waals surface area contributed by atoms with Gasteiger partial charge in [-0.3, -0.25) is 14.9 Å². The van der Waals surface area contributed by atoms with Crippen LogP contribution in [-0.2, 0) is 4.79 Å². The minimum absolute atomic E-state index is 0.113. The largest absolute Gasteiger partial charge is 0.404 e. The molecule has 5 N–H and O–H groups in total. The monoisotopic (exact) mass is 570 g/mol. The third kappa shape index (κ3) is 5.49. The van der Waals surface area contributed by atoms with E-state index in [1.165, 1.54) is 18.6 Å². The van der Waals surface area contributed by atoms with Crippen molar-refractivity contribution in [2.24, 2.45) is 5.73 Å². The highest BCUT2D eigenvalue weighted by atomic mass is 19.1. The van der Waals surface area contributed by atoms with Gasteiger partial charge in [0, 0.05) is 62.3 Å². The summed E-state index contributed by atoms with van der Waals surface area (Å²) in [6, 6.07) is 3.54. The molecule has 1 saturated carbocycles. The van der Waals surface area contributed by atoms with Crippen molar-refractivity contribution in [2.75, 3.05) is 43.4 Å². The molecule has 2 fully saturated rings. The van der Waals surface area contributed by atoms with Crippen LogP contribution in [0, 0.1) is 0 Å². The lowest BCUT2D eigenvalue weighted by Crippen LogP contribution is -2.44. The molecule has 1 aliphatic carbocycles. The maximum Gasteiger partial charge on any atom is 0.224 e. The molecule has 4 aromatic heterocycles. The molecule has 11 nitrogen and oxygen atoms in total. The van der Waals surface area contributed by atoms with Crippen LogP contribution in [0.3, 0.4) is 0 Å². The lowest BCUT2D eigenvalue weighted by Gasteiger charge is -2.33. The van der Waals surface area contributed by atoms with E-state index < -0.39 is 5.83 Å². The fourth-order valence-corrected chi connectivity index (χ4v) is 5.23. The number of carbonyl (C=O) groups is 1. The van der Waals surface area contributed by atoms with Crippen molar-refractivity contribution in [2.45, 2.75) is 39.0 Å². The summed E-state index contributed by atoms with van der Waals surface area (Å²) >= 11 is 0. The van der Waals surface area contributed by atoms with E-state index in [-0.39, 0.29) is 11.5 Å². The van der Waals surface area contributed by atoms with Gasteiger partial charge >= 0.3 is 0 Å². The number of anilines is 2. The van der Waals surface area contributed by atoms with Crippen LogP contribution in [-0.4, -0.2) is 74.2 Å². The number of unbranched alkanes of at least 4 members (excludes halogenated alkanes) is 1. The molecule has 2 aliphatic rings. The Morgan fingerprint density at radius 2 is 2.02 bits per heavy atom. The SMILES string of the molecule is CCCCC(=O)Nc1cncc(C(=C/N)/C(F)=c2/c(-c3nc4c(N5CCN(C)CC5)nccc4[nH]3)n[nH]c2=C2CC2)c1. The van der Waals surface area contributed by atoms with Crippen LogP contribution in [0.25, 0.3) is 39.5 Å². The molecular weight excluding hydrogens is 535 g/mol. The predicted octanol–water partition coefficient (Wildman–Crippen LogP) is 2.65. The Labute approximate surface area is 242 Å². The number of carbonyl (C=O) groups excluding carboxylic acids is 1. The molecule has 0 unspecified atom stereocenters. The van der Waals surface area contributed by atoms with E-state index in [0.29, 0.717) is 39.8 Å². The number of aromatic nitrogens is 6. The van der Waals surface area contributed by atoms with Crippen LogP contribution in [0.15, 0.2) is 36.9 Å². The number of hydrogen-bond donors (Lipinski definition) is 4. The van der Waals surface area contributed by atoms with Crippen LogP contribution >= 0.6 is 0 Å². The fourth-order valence-electron chi connectivity index (χ4n) is 5.23. The van der Waals surface area contributed by atoms with Gasteiger partial charge in [0.05, 0.1) is 28.0 Å². The molecule has 1 saturated heterocycles. The van der Waals surface area contributed by atoms with Crippen LogP contribution < -0.4 is 26.5 Å². The number of pyridine rings is 2. The Balaban J connectivity index is 1.42. The van der Waals surface area contributed by atoms with Gasteiger partial charge in [0.2, 0.25) is 5.91 Å². The summed E-state index contributed by atoms with van der Waals surface area (Å²) in [4.78, 5) is 33.9. The molecule has 6 rings (SSSR count). The fraction of sp³-hybridized carbons (Fsp3) is 0.367. The highest BCUT2D eigenvalue weighted by Gasteiger charge is 2.24. The normalized spacial score (nSPS) is 16.7. The first-order valence-corrected chi connectivity index (χ1v) is 14.4. The van der Waals surface area contributed by atoms with Crippen LogP contribution in [0.2, 0.25) is 0 Å². The van der Waals surface area contributed by atoms with Crippen molar-refractivity contribution in [1.29, 1.82) is 0 Å². The summed E-state index contributed by atoms with van der Waals surface area (Å²) in [7, 11) is 2.11. The van der Waals surface area contributed by atoms with Gasteiger partial charge < -0.3 is 25.8 Å². The van der Waals surface area contributed by atoms with E-state index in [9.17, 15) is 4.79 Å². The molecule has 42 heavy (non-hydrogen) atoms. The molecule has 0 radical (unpaired) electrons. The quantitative estimate of drug-likeness (QED) is 0.253. The molecule has 0 spiro atoms. The average molecular weight is 571 g/mol. The maximum atomic E-state index is 16.6. The Morgan fingerprint density at radius 3 is 2.76 bits per heavy atom. The first-order chi connectivity index (χ1) is 20.5. The number of nitrogens with two attached hydrogens (primary N) is 1. The van der Waals surface area contributed by atoms with Gasteiger partial charge in [0.25, 0.3) is 0 Å². The van der Waals surface area contributed by atoms with E-state index in [2.05, 4.69) is 47.3 Å². The van der Waals surface area contributed by atoms with Gasteiger partial charge in [-0.2, -0.15) is 5.10 Å². The number of amides is 1. The standard InChI is InChI=1S/C30H35FN10O/c1-3-4-5-23(42)35-20-14-19(16-33-17-20)21(15-32)25(31)24-26(18-6-7-18)38-39-28(24)29-36-22-8-9-34-30(27(22)37-29)41-12-10-40(2)11-13-41/h8-9,14-17,38H,3-7,10-13,32H2,1-2H3,(H,35,42)(H,36,37)/b21-15-,25-24-. The number of nitrogens with one attached hydrogen (secondary N) is 3. The number of likely N-dealkylation sites (N-methyl/N-ethyl adjacent to an activating group) is 1. The van der Waals surface area contributed by atoms with E-state index in [1.54, 1.807) is 12.3 Å². The predicted molar refractivity (Wildman–Crippen MR) is 162 cm³/mol. The van der Waals surface area contributed by atoms with Gasteiger partial charge in [-0.1, -0.05) is 13.3 Å². The summed E-state index contributed by atoms with van der Waals surface area (Å²) in [6.45, 7) is 5.60. The molecular formula is C30H35FN10O. The molecule has 0 bridgehead atoms. The number of fused-ring (bicyclic) bond motifs is 1. The lowest BCUT2D eigenvalue weighted by atomic mass is 10.0. The zero-order chi connectivity index (χ0) is 29.2. The van der Waals surface area contributed by atoms with Crippen molar-refractivity contribution >= 4 is 45.4 Å². The zero-order valence-corrected chi connectivity index (χ0v) is 23.9. The number of allylic oxidation sites excluding steroid dienone is 1. The molecule has 12 heteroatoms. The van der Waals surface area contributed by atoms with Crippen molar-refractivity contribution < 1.29 is 9.18 Å². The molecule has 0 atom stereocenters. The Hall–Kier alpha value is -4.58. The first-order valence-electron chi connectivity index (χ1n) is 14.4. The maximum absolute atomic E-state index is 16.6. The Bertz CT molecular complexity index is 1770. The molecule has 1 amide bonds. The Kier molecular flexibility index (Phi) is 7.70. The molecule has 4 aromatic rings. The van der Waals surface area contributed by atoms with Crippen molar-refractivity contribution in [3.05, 3.63) is 53.1 Å².